The van der Waals surface area contributed by atoms with Crippen LogP contribution in [0.4, 0.5) is 10.1 Å². The summed E-state index contributed by atoms with van der Waals surface area (Å²) in [5.41, 5.74) is 1.38. The van der Waals surface area contributed by atoms with Gasteiger partial charge in [0.25, 0.3) is 0 Å². The van der Waals surface area contributed by atoms with Crippen molar-refractivity contribution in [1.29, 1.82) is 5.26 Å². The molecule has 1 aromatic heterocycles. The van der Waals surface area contributed by atoms with E-state index in [0.717, 1.165) is 45.4 Å². The van der Waals surface area contributed by atoms with Gasteiger partial charge in [0.2, 0.25) is 0 Å². The quantitative estimate of drug-likeness (QED) is 0.802. The number of rotatable bonds is 2. The van der Waals surface area contributed by atoms with Crippen molar-refractivity contribution >= 4 is 28.2 Å². The number of hydrogen-bond donors (Lipinski definition) is 0. The number of pyridine rings is 1. The second-order valence-electron chi connectivity index (χ2n) is 6.76. The number of aromatic nitrogens is 1. The number of hydrogen-bond acceptors (Lipinski definition) is 4. The van der Waals surface area contributed by atoms with E-state index in [-0.39, 0.29) is 5.52 Å². The third-order valence-electron chi connectivity index (χ3n) is 5.36. The first-order valence-electron chi connectivity index (χ1n) is 8.72. The molecule has 2 aliphatic rings. The fraction of sp³-hybridized carbons (Fsp3) is 0.474. The average Bonchev–Trinajstić information content (AvgIpc) is 3.19. The molecule has 130 valence electrons. The Morgan fingerprint density at radius 2 is 2.08 bits per heavy atom. The highest BCUT2D eigenvalue weighted by molar-refractivity contribution is 6.36. The van der Waals surface area contributed by atoms with Crippen LogP contribution in [0.3, 0.4) is 0 Å². The van der Waals surface area contributed by atoms with Gasteiger partial charge in [0.15, 0.2) is 0 Å². The number of piperidine rings is 1. The lowest BCUT2D eigenvalue weighted by atomic mass is 9.89. The zero-order valence-electron chi connectivity index (χ0n) is 13.8. The van der Waals surface area contributed by atoms with Crippen LogP contribution in [-0.2, 0) is 4.74 Å². The molecule has 2 aliphatic heterocycles. The second kappa shape index (κ2) is 6.78. The zero-order chi connectivity index (χ0) is 17.4. The first-order valence-corrected chi connectivity index (χ1v) is 9.10. The van der Waals surface area contributed by atoms with Crippen molar-refractivity contribution in [2.75, 3.05) is 24.6 Å². The monoisotopic (exact) mass is 359 g/mol. The minimum absolute atomic E-state index is 0.225. The Balaban J connectivity index is 1.69. The van der Waals surface area contributed by atoms with Gasteiger partial charge < -0.3 is 9.64 Å². The van der Waals surface area contributed by atoms with Crippen LogP contribution in [0.25, 0.3) is 10.9 Å². The Hall–Kier alpha value is -1.90. The highest BCUT2D eigenvalue weighted by Gasteiger charge is 2.31. The molecule has 1 unspecified atom stereocenters. The molecule has 1 aromatic carbocycles. The number of nitrogens with zero attached hydrogens (tertiary/aromatic N) is 3. The molecule has 4 rings (SSSR count). The van der Waals surface area contributed by atoms with Crippen molar-refractivity contribution in [1.82, 2.24) is 4.98 Å². The molecule has 25 heavy (non-hydrogen) atoms. The van der Waals surface area contributed by atoms with Gasteiger partial charge in [0, 0.05) is 31.3 Å². The van der Waals surface area contributed by atoms with Gasteiger partial charge in [-0.3, -0.25) is 4.98 Å². The highest BCUT2D eigenvalue weighted by atomic mass is 35.5. The molecule has 2 saturated heterocycles. The average molecular weight is 360 g/mol. The molecule has 0 spiro atoms. The van der Waals surface area contributed by atoms with E-state index in [0.29, 0.717) is 33.7 Å². The minimum atomic E-state index is -0.417. The standard InChI is InChI=1S/C19H19ClFN3O/c20-14-3-4-15(21)18-17(14)19(13(10-22)11-23-18)24-7-5-12(6-8-24)16-2-1-9-25-16/h3-4,11-12,16H,1-2,5-9H2. The Morgan fingerprint density at radius 3 is 2.76 bits per heavy atom. The van der Waals surface area contributed by atoms with Crippen molar-refractivity contribution in [3.05, 3.63) is 34.7 Å². The van der Waals surface area contributed by atoms with Gasteiger partial charge in [-0.25, -0.2) is 4.39 Å². The van der Waals surface area contributed by atoms with Crippen molar-refractivity contribution in [2.24, 2.45) is 5.92 Å². The summed E-state index contributed by atoms with van der Waals surface area (Å²) in [4.78, 5) is 6.27. The smallest absolute Gasteiger partial charge is 0.149 e. The Bertz CT molecular complexity index is 837. The molecule has 0 N–H and O–H groups in total. The number of anilines is 1. The summed E-state index contributed by atoms with van der Waals surface area (Å²) in [6, 6.07) is 5.04. The number of fused-ring (bicyclic) bond motifs is 1. The van der Waals surface area contributed by atoms with E-state index in [1.807, 2.05) is 0 Å². The van der Waals surface area contributed by atoms with Crippen LogP contribution in [0.5, 0.6) is 0 Å². The van der Waals surface area contributed by atoms with E-state index in [4.69, 9.17) is 16.3 Å². The summed E-state index contributed by atoms with van der Waals surface area (Å²) in [6.45, 7) is 2.49. The fourth-order valence-electron chi connectivity index (χ4n) is 4.10. The zero-order valence-corrected chi connectivity index (χ0v) is 14.6. The van der Waals surface area contributed by atoms with Crippen LogP contribution >= 0.6 is 11.6 Å². The molecular weight excluding hydrogens is 341 g/mol. The summed E-state index contributed by atoms with van der Waals surface area (Å²) in [6.07, 6.45) is 6.12. The lowest BCUT2D eigenvalue weighted by Crippen LogP contribution is -2.38. The molecule has 2 fully saturated rings. The van der Waals surface area contributed by atoms with E-state index in [9.17, 15) is 9.65 Å². The minimum Gasteiger partial charge on any atom is -0.378 e. The maximum absolute atomic E-state index is 14.2. The Kier molecular flexibility index (Phi) is 4.49. The van der Waals surface area contributed by atoms with Crippen molar-refractivity contribution in [3.8, 4) is 6.07 Å². The SMILES string of the molecule is N#Cc1cnc2c(F)ccc(Cl)c2c1N1CCC(C2CCCO2)CC1. The summed E-state index contributed by atoms with van der Waals surface area (Å²) < 4.78 is 20.0. The number of nitriles is 1. The lowest BCUT2D eigenvalue weighted by molar-refractivity contribution is 0.0532. The lowest BCUT2D eigenvalue weighted by Gasteiger charge is -2.36. The van der Waals surface area contributed by atoms with E-state index in [1.165, 1.54) is 18.3 Å². The largest absolute Gasteiger partial charge is 0.378 e. The summed E-state index contributed by atoms with van der Waals surface area (Å²) in [5, 5.41) is 10.5. The predicted molar refractivity (Wildman–Crippen MR) is 95.3 cm³/mol. The van der Waals surface area contributed by atoms with Crippen molar-refractivity contribution < 1.29 is 9.13 Å². The summed E-state index contributed by atoms with van der Waals surface area (Å²) in [7, 11) is 0. The van der Waals surface area contributed by atoms with Gasteiger partial charge in [0.1, 0.15) is 17.4 Å². The fourth-order valence-corrected chi connectivity index (χ4v) is 4.34. The van der Waals surface area contributed by atoms with Crippen LogP contribution in [0.15, 0.2) is 18.3 Å². The molecule has 0 amide bonds. The molecule has 0 saturated carbocycles. The Labute approximate surface area is 151 Å². The van der Waals surface area contributed by atoms with Crippen molar-refractivity contribution in [3.63, 3.8) is 0 Å². The van der Waals surface area contributed by atoms with E-state index in [1.54, 1.807) is 0 Å². The van der Waals surface area contributed by atoms with E-state index < -0.39 is 5.82 Å². The van der Waals surface area contributed by atoms with Gasteiger partial charge in [-0.15, -0.1) is 0 Å². The third kappa shape index (κ3) is 2.94. The summed E-state index contributed by atoms with van der Waals surface area (Å²) in [5.74, 6) is 0.143. The van der Waals surface area contributed by atoms with Gasteiger partial charge in [0.05, 0.1) is 22.4 Å². The second-order valence-corrected chi connectivity index (χ2v) is 7.17. The molecule has 1 atom stereocenters. The van der Waals surface area contributed by atoms with Gasteiger partial charge in [-0.2, -0.15) is 5.26 Å². The Morgan fingerprint density at radius 1 is 1.28 bits per heavy atom. The van der Waals surface area contributed by atoms with Crippen LogP contribution in [0, 0.1) is 23.1 Å². The van der Waals surface area contributed by atoms with Crippen LogP contribution in [0.1, 0.15) is 31.2 Å². The van der Waals surface area contributed by atoms with Crippen LogP contribution in [0.2, 0.25) is 5.02 Å². The molecular formula is C19H19ClFN3O. The molecule has 0 aliphatic carbocycles. The maximum Gasteiger partial charge on any atom is 0.149 e. The third-order valence-corrected chi connectivity index (χ3v) is 5.67. The maximum atomic E-state index is 14.2. The number of ether oxygens (including phenoxy) is 1. The van der Waals surface area contributed by atoms with Crippen LogP contribution in [-0.4, -0.2) is 30.8 Å². The molecule has 2 aromatic rings. The first-order chi connectivity index (χ1) is 12.2. The normalized spacial score (nSPS) is 21.6. The van der Waals surface area contributed by atoms with Gasteiger partial charge >= 0.3 is 0 Å². The molecule has 0 radical (unpaired) electrons. The molecule has 6 heteroatoms. The number of benzene rings is 1. The van der Waals surface area contributed by atoms with Gasteiger partial charge in [-0.1, -0.05) is 11.6 Å². The molecule has 3 heterocycles. The summed E-state index contributed by atoms with van der Waals surface area (Å²) >= 11 is 6.35. The first kappa shape index (κ1) is 16.6. The van der Waals surface area contributed by atoms with Gasteiger partial charge in [-0.05, 0) is 43.7 Å². The molecule has 0 bridgehead atoms. The van der Waals surface area contributed by atoms with Crippen molar-refractivity contribution in [2.45, 2.75) is 31.8 Å². The molecule has 4 nitrogen and oxygen atoms in total. The predicted octanol–water partition coefficient (Wildman–Crippen LogP) is 4.29. The van der Waals surface area contributed by atoms with E-state index >= 15 is 0 Å². The van der Waals surface area contributed by atoms with E-state index in [2.05, 4.69) is 16.0 Å². The topological polar surface area (TPSA) is 49.2 Å². The highest BCUT2D eigenvalue weighted by Crippen LogP contribution is 2.38. The number of halogens is 2. The van der Waals surface area contributed by atoms with Crippen LogP contribution < -0.4 is 4.90 Å².